The molecule has 2 rings (SSSR count). The maximum Gasteiger partial charge on any atom is 0.0967 e. The quantitative estimate of drug-likeness (QED) is 0.780. The van der Waals surface area contributed by atoms with Crippen LogP contribution in [-0.2, 0) is 9.47 Å². The minimum atomic E-state index is 0.0124. The Morgan fingerprint density at radius 2 is 2.10 bits per heavy atom. The van der Waals surface area contributed by atoms with Crippen molar-refractivity contribution in [3.63, 3.8) is 0 Å². The molecule has 1 aromatic carbocycles. The molecule has 1 unspecified atom stereocenters. The monoisotopic (exact) mass is 297 g/mol. The van der Waals surface area contributed by atoms with E-state index in [0.717, 1.165) is 56.2 Å². The molecule has 1 atom stereocenters. The summed E-state index contributed by atoms with van der Waals surface area (Å²) in [6, 6.07) is 7.95. The molecule has 20 heavy (non-hydrogen) atoms. The first kappa shape index (κ1) is 15.8. The summed E-state index contributed by atoms with van der Waals surface area (Å²) in [5, 5.41) is 4.22. The molecule has 0 aromatic heterocycles. The van der Waals surface area contributed by atoms with Crippen molar-refractivity contribution in [2.24, 2.45) is 0 Å². The number of rotatable bonds is 7. The summed E-state index contributed by atoms with van der Waals surface area (Å²) < 4.78 is 11.7. The van der Waals surface area contributed by atoms with Gasteiger partial charge in [-0.05, 0) is 31.9 Å². The molecule has 1 N–H and O–H groups in total. The number of hydrogen-bond donors (Lipinski definition) is 1. The minimum Gasteiger partial charge on any atom is -0.381 e. The molecular formula is C16H24ClNO2. The van der Waals surface area contributed by atoms with Crippen molar-refractivity contribution in [3.8, 4) is 0 Å². The number of halogens is 1. The second-order valence-corrected chi connectivity index (χ2v) is 5.57. The SMILES string of the molecule is CCCNCC(OC1CCOCC1)c1ccccc1Cl. The Morgan fingerprint density at radius 3 is 2.80 bits per heavy atom. The van der Waals surface area contributed by atoms with E-state index < -0.39 is 0 Å². The molecule has 4 heteroatoms. The van der Waals surface area contributed by atoms with Crippen molar-refractivity contribution in [1.29, 1.82) is 0 Å². The van der Waals surface area contributed by atoms with Crippen LogP contribution in [0, 0.1) is 0 Å². The largest absolute Gasteiger partial charge is 0.381 e. The van der Waals surface area contributed by atoms with Crippen LogP contribution in [0.3, 0.4) is 0 Å². The van der Waals surface area contributed by atoms with Gasteiger partial charge in [0.1, 0.15) is 0 Å². The van der Waals surface area contributed by atoms with Gasteiger partial charge in [-0.1, -0.05) is 36.7 Å². The first-order valence-electron chi connectivity index (χ1n) is 7.49. The van der Waals surface area contributed by atoms with Crippen molar-refractivity contribution >= 4 is 11.6 Å². The van der Waals surface area contributed by atoms with E-state index in [-0.39, 0.29) is 12.2 Å². The lowest BCUT2D eigenvalue weighted by Crippen LogP contribution is -2.30. The second kappa shape index (κ2) is 8.63. The maximum absolute atomic E-state index is 6.32. The molecule has 0 aliphatic carbocycles. The van der Waals surface area contributed by atoms with Crippen LogP contribution in [0.15, 0.2) is 24.3 Å². The zero-order valence-corrected chi connectivity index (χ0v) is 12.9. The lowest BCUT2D eigenvalue weighted by molar-refractivity contribution is -0.0688. The predicted octanol–water partition coefficient (Wildman–Crippen LogP) is 3.58. The molecule has 1 fully saturated rings. The van der Waals surface area contributed by atoms with Crippen LogP contribution in [0.25, 0.3) is 0 Å². The first-order valence-corrected chi connectivity index (χ1v) is 7.87. The Balaban J connectivity index is 2.01. The summed E-state index contributed by atoms with van der Waals surface area (Å²) in [5.74, 6) is 0. The van der Waals surface area contributed by atoms with Gasteiger partial charge in [0.25, 0.3) is 0 Å². The Kier molecular flexibility index (Phi) is 6.80. The average Bonchev–Trinajstić information content (AvgIpc) is 2.48. The van der Waals surface area contributed by atoms with Crippen LogP contribution < -0.4 is 5.32 Å². The maximum atomic E-state index is 6.32. The standard InChI is InChI=1S/C16H24ClNO2/c1-2-9-18-12-16(14-5-3-4-6-15(14)17)20-13-7-10-19-11-8-13/h3-6,13,16,18H,2,7-12H2,1H3. The fourth-order valence-corrected chi connectivity index (χ4v) is 2.68. The molecule has 0 radical (unpaired) electrons. The molecule has 1 saturated heterocycles. The van der Waals surface area contributed by atoms with Crippen molar-refractivity contribution in [2.45, 2.75) is 38.4 Å². The fourth-order valence-electron chi connectivity index (χ4n) is 2.42. The van der Waals surface area contributed by atoms with E-state index in [0.29, 0.717) is 0 Å². The highest BCUT2D eigenvalue weighted by Crippen LogP contribution is 2.28. The van der Waals surface area contributed by atoms with Crippen LogP contribution in [0.5, 0.6) is 0 Å². The normalized spacial score (nSPS) is 18.1. The smallest absolute Gasteiger partial charge is 0.0967 e. The average molecular weight is 298 g/mol. The van der Waals surface area contributed by atoms with Gasteiger partial charge in [0.2, 0.25) is 0 Å². The summed E-state index contributed by atoms with van der Waals surface area (Å²) in [6.45, 7) is 5.55. The third-order valence-electron chi connectivity index (χ3n) is 3.53. The van der Waals surface area contributed by atoms with E-state index in [4.69, 9.17) is 21.1 Å². The summed E-state index contributed by atoms with van der Waals surface area (Å²) in [7, 11) is 0. The molecule has 0 amide bonds. The van der Waals surface area contributed by atoms with Crippen molar-refractivity contribution in [1.82, 2.24) is 5.32 Å². The summed E-state index contributed by atoms with van der Waals surface area (Å²) in [6.07, 6.45) is 3.34. The van der Waals surface area contributed by atoms with Crippen LogP contribution in [0.2, 0.25) is 5.02 Å². The van der Waals surface area contributed by atoms with E-state index in [1.54, 1.807) is 0 Å². The Morgan fingerprint density at radius 1 is 1.35 bits per heavy atom. The van der Waals surface area contributed by atoms with E-state index in [1.807, 2.05) is 18.2 Å². The number of hydrogen-bond acceptors (Lipinski definition) is 3. The van der Waals surface area contributed by atoms with Gasteiger partial charge in [-0.2, -0.15) is 0 Å². The topological polar surface area (TPSA) is 30.5 Å². The van der Waals surface area contributed by atoms with Gasteiger partial charge >= 0.3 is 0 Å². The molecule has 1 aliphatic heterocycles. The van der Waals surface area contributed by atoms with Gasteiger partial charge in [0, 0.05) is 30.3 Å². The molecule has 0 spiro atoms. The van der Waals surface area contributed by atoms with Crippen LogP contribution in [0.1, 0.15) is 37.9 Å². The minimum absolute atomic E-state index is 0.0124. The van der Waals surface area contributed by atoms with E-state index in [2.05, 4.69) is 18.3 Å². The lowest BCUT2D eigenvalue weighted by Gasteiger charge is -2.28. The van der Waals surface area contributed by atoms with Gasteiger partial charge in [-0.25, -0.2) is 0 Å². The van der Waals surface area contributed by atoms with Crippen molar-refractivity contribution in [2.75, 3.05) is 26.3 Å². The van der Waals surface area contributed by atoms with Crippen molar-refractivity contribution in [3.05, 3.63) is 34.9 Å². The third kappa shape index (κ3) is 4.74. The van der Waals surface area contributed by atoms with Gasteiger partial charge in [-0.3, -0.25) is 0 Å². The molecule has 3 nitrogen and oxygen atoms in total. The zero-order chi connectivity index (χ0) is 14.2. The van der Waals surface area contributed by atoms with Gasteiger partial charge in [-0.15, -0.1) is 0 Å². The number of ether oxygens (including phenoxy) is 2. The Labute approximate surface area is 126 Å². The molecule has 1 aromatic rings. The van der Waals surface area contributed by atoms with Gasteiger partial charge in [0.15, 0.2) is 0 Å². The highest BCUT2D eigenvalue weighted by Gasteiger charge is 2.22. The lowest BCUT2D eigenvalue weighted by atomic mass is 10.1. The fraction of sp³-hybridized carbons (Fsp3) is 0.625. The second-order valence-electron chi connectivity index (χ2n) is 5.16. The summed E-state index contributed by atoms with van der Waals surface area (Å²) in [4.78, 5) is 0. The van der Waals surface area contributed by atoms with E-state index in [9.17, 15) is 0 Å². The summed E-state index contributed by atoms with van der Waals surface area (Å²) in [5.41, 5.74) is 1.07. The number of nitrogens with one attached hydrogen (secondary N) is 1. The van der Waals surface area contributed by atoms with Crippen LogP contribution in [0.4, 0.5) is 0 Å². The molecule has 112 valence electrons. The molecule has 1 aliphatic rings. The predicted molar refractivity (Wildman–Crippen MR) is 82.3 cm³/mol. The van der Waals surface area contributed by atoms with Gasteiger partial charge < -0.3 is 14.8 Å². The molecular weight excluding hydrogens is 274 g/mol. The van der Waals surface area contributed by atoms with Crippen LogP contribution in [-0.4, -0.2) is 32.4 Å². The van der Waals surface area contributed by atoms with Crippen molar-refractivity contribution < 1.29 is 9.47 Å². The van der Waals surface area contributed by atoms with E-state index >= 15 is 0 Å². The van der Waals surface area contributed by atoms with Gasteiger partial charge in [0.05, 0.1) is 12.2 Å². The summed E-state index contributed by atoms with van der Waals surface area (Å²) >= 11 is 6.32. The Bertz CT molecular complexity index is 394. The molecule has 0 saturated carbocycles. The van der Waals surface area contributed by atoms with Crippen LogP contribution >= 0.6 is 11.6 Å². The molecule has 1 heterocycles. The first-order chi connectivity index (χ1) is 9.81. The molecule has 0 bridgehead atoms. The third-order valence-corrected chi connectivity index (χ3v) is 3.88. The highest BCUT2D eigenvalue weighted by atomic mass is 35.5. The highest BCUT2D eigenvalue weighted by molar-refractivity contribution is 6.31. The Hall–Kier alpha value is -0.610. The zero-order valence-electron chi connectivity index (χ0n) is 12.1. The van der Waals surface area contributed by atoms with E-state index in [1.165, 1.54) is 0 Å². The number of benzene rings is 1.